The summed E-state index contributed by atoms with van der Waals surface area (Å²) in [7, 11) is 1.77. The maximum Gasteiger partial charge on any atom is 0.245 e. The van der Waals surface area contributed by atoms with E-state index in [9.17, 15) is 9.59 Å². The fourth-order valence-corrected chi connectivity index (χ4v) is 3.70. The Hall–Kier alpha value is -3.15. The van der Waals surface area contributed by atoms with E-state index in [4.69, 9.17) is 0 Å². The van der Waals surface area contributed by atoms with Crippen LogP contribution in [0.1, 0.15) is 24.1 Å². The molecule has 138 valence electrons. The van der Waals surface area contributed by atoms with Gasteiger partial charge in [-0.3, -0.25) is 14.6 Å². The molecule has 27 heavy (non-hydrogen) atoms. The van der Waals surface area contributed by atoms with E-state index >= 15 is 0 Å². The molecule has 1 fully saturated rings. The molecule has 2 aromatic heterocycles. The zero-order valence-electron chi connectivity index (χ0n) is 15.3. The van der Waals surface area contributed by atoms with Crippen LogP contribution in [-0.2, 0) is 22.7 Å². The lowest BCUT2D eigenvalue weighted by Crippen LogP contribution is -2.44. The van der Waals surface area contributed by atoms with E-state index in [0.29, 0.717) is 25.9 Å². The highest BCUT2D eigenvalue weighted by Crippen LogP contribution is 2.26. The van der Waals surface area contributed by atoms with Crippen molar-refractivity contribution in [3.8, 4) is 0 Å². The van der Waals surface area contributed by atoms with Crippen molar-refractivity contribution in [2.24, 2.45) is 0 Å². The molecular formula is C21H22N4O2. The van der Waals surface area contributed by atoms with Crippen LogP contribution >= 0.6 is 0 Å². The van der Waals surface area contributed by atoms with E-state index in [1.807, 2.05) is 48.7 Å². The SMILES string of the molecule is CN(Cc1ccccn1)C(=O)C1CCC(=O)N1Cc1c[nH]c2ccccc12. The van der Waals surface area contributed by atoms with Crippen LogP contribution in [0.4, 0.5) is 0 Å². The number of nitrogens with zero attached hydrogens (tertiary/aromatic N) is 3. The van der Waals surface area contributed by atoms with Crippen molar-refractivity contribution < 1.29 is 9.59 Å². The third-order valence-electron chi connectivity index (χ3n) is 5.13. The summed E-state index contributed by atoms with van der Waals surface area (Å²) in [5.74, 6) is -0.00351. The summed E-state index contributed by atoms with van der Waals surface area (Å²) in [6.45, 7) is 0.877. The molecule has 3 aromatic rings. The zero-order valence-corrected chi connectivity index (χ0v) is 15.3. The molecule has 2 amide bonds. The van der Waals surface area contributed by atoms with Gasteiger partial charge in [-0.1, -0.05) is 24.3 Å². The average molecular weight is 362 g/mol. The van der Waals surface area contributed by atoms with Gasteiger partial charge in [0, 0.05) is 43.3 Å². The van der Waals surface area contributed by atoms with Crippen LogP contribution < -0.4 is 0 Å². The van der Waals surface area contributed by atoms with Crippen LogP contribution in [0.25, 0.3) is 10.9 Å². The molecule has 1 aliphatic rings. The summed E-state index contributed by atoms with van der Waals surface area (Å²) < 4.78 is 0. The van der Waals surface area contributed by atoms with Gasteiger partial charge in [0.15, 0.2) is 0 Å². The van der Waals surface area contributed by atoms with Crippen LogP contribution in [0.5, 0.6) is 0 Å². The number of likely N-dealkylation sites (N-methyl/N-ethyl adjacent to an activating group) is 1. The quantitative estimate of drug-likeness (QED) is 0.759. The van der Waals surface area contributed by atoms with Crippen molar-refractivity contribution in [1.29, 1.82) is 0 Å². The monoisotopic (exact) mass is 362 g/mol. The first-order valence-corrected chi connectivity index (χ1v) is 9.13. The first-order valence-electron chi connectivity index (χ1n) is 9.13. The summed E-state index contributed by atoms with van der Waals surface area (Å²) in [6.07, 6.45) is 4.62. The Bertz CT molecular complexity index is 966. The van der Waals surface area contributed by atoms with Gasteiger partial charge in [0.05, 0.1) is 12.2 Å². The number of para-hydroxylation sites is 1. The molecule has 1 aromatic carbocycles. The number of likely N-dealkylation sites (tertiary alicyclic amines) is 1. The lowest BCUT2D eigenvalue weighted by Gasteiger charge is -2.28. The Labute approximate surface area is 157 Å². The minimum atomic E-state index is -0.417. The molecule has 1 unspecified atom stereocenters. The molecule has 6 nitrogen and oxygen atoms in total. The highest BCUT2D eigenvalue weighted by Gasteiger charge is 2.37. The number of H-pyrrole nitrogens is 1. The lowest BCUT2D eigenvalue weighted by molar-refractivity contribution is -0.141. The van der Waals surface area contributed by atoms with Crippen molar-refractivity contribution in [3.05, 3.63) is 66.1 Å². The molecule has 1 saturated heterocycles. The van der Waals surface area contributed by atoms with Crippen molar-refractivity contribution in [3.63, 3.8) is 0 Å². The maximum atomic E-state index is 13.0. The van der Waals surface area contributed by atoms with E-state index in [1.165, 1.54) is 0 Å². The normalized spacial score (nSPS) is 16.9. The van der Waals surface area contributed by atoms with Gasteiger partial charge in [0.25, 0.3) is 0 Å². The Kier molecular flexibility index (Phi) is 4.62. The number of fused-ring (bicyclic) bond motifs is 1. The first kappa shape index (κ1) is 17.3. The Morgan fingerprint density at radius 2 is 2.07 bits per heavy atom. The molecular weight excluding hydrogens is 340 g/mol. The van der Waals surface area contributed by atoms with Crippen LogP contribution in [0.2, 0.25) is 0 Å². The first-order chi connectivity index (χ1) is 13.1. The molecule has 0 bridgehead atoms. The van der Waals surface area contributed by atoms with Gasteiger partial charge in [-0.2, -0.15) is 0 Å². The second-order valence-electron chi connectivity index (χ2n) is 6.95. The summed E-state index contributed by atoms with van der Waals surface area (Å²) in [5, 5.41) is 1.09. The number of nitrogens with one attached hydrogen (secondary N) is 1. The Balaban J connectivity index is 1.51. The molecule has 0 spiro atoms. The molecule has 1 N–H and O–H groups in total. The molecule has 1 aliphatic heterocycles. The smallest absolute Gasteiger partial charge is 0.245 e. The maximum absolute atomic E-state index is 13.0. The summed E-state index contributed by atoms with van der Waals surface area (Å²) in [6, 6.07) is 13.2. The number of rotatable bonds is 5. The Morgan fingerprint density at radius 1 is 1.26 bits per heavy atom. The molecule has 6 heteroatoms. The van der Waals surface area contributed by atoms with E-state index in [2.05, 4.69) is 9.97 Å². The van der Waals surface area contributed by atoms with E-state index in [-0.39, 0.29) is 11.8 Å². The highest BCUT2D eigenvalue weighted by atomic mass is 16.2. The van der Waals surface area contributed by atoms with E-state index < -0.39 is 6.04 Å². The van der Waals surface area contributed by atoms with Gasteiger partial charge in [-0.05, 0) is 30.2 Å². The fraction of sp³-hybridized carbons (Fsp3) is 0.286. The van der Waals surface area contributed by atoms with Crippen LogP contribution in [0.15, 0.2) is 54.9 Å². The highest BCUT2D eigenvalue weighted by molar-refractivity contribution is 5.91. The molecule has 4 rings (SSSR count). The lowest BCUT2D eigenvalue weighted by atomic mass is 10.1. The molecule has 3 heterocycles. The van der Waals surface area contributed by atoms with Crippen LogP contribution in [0.3, 0.4) is 0 Å². The van der Waals surface area contributed by atoms with E-state index in [0.717, 1.165) is 22.2 Å². The summed E-state index contributed by atoms with van der Waals surface area (Å²) >= 11 is 0. The molecule has 0 aliphatic carbocycles. The van der Waals surface area contributed by atoms with Crippen LogP contribution in [0, 0.1) is 0 Å². The number of pyridine rings is 1. The van der Waals surface area contributed by atoms with Crippen molar-refractivity contribution in [2.75, 3.05) is 7.05 Å². The van der Waals surface area contributed by atoms with Crippen molar-refractivity contribution >= 4 is 22.7 Å². The van der Waals surface area contributed by atoms with Crippen molar-refractivity contribution in [1.82, 2.24) is 19.8 Å². The number of carbonyl (C=O) groups is 2. The van der Waals surface area contributed by atoms with Gasteiger partial charge in [0.1, 0.15) is 6.04 Å². The number of aromatic nitrogens is 2. The van der Waals surface area contributed by atoms with Gasteiger partial charge >= 0.3 is 0 Å². The predicted octanol–water partition coefficient (Wildman–Crippen LogP) is 2.71. The average Bonchev–Trinajstić information content (AvgIpc) is 3.26. The number of carbonyl (C=O) groups excluding carboxylic acids is 2. The minimum Gasteiger partial charge on any atom is -0.361 e. The fourth-order valence-electron chi connectivity index (χ4n) is 3.70. The number of benzene rings is 1. The molecule has 0 radical (unpaired) electrons. The van der Waals surface area contributed by atoms with Gasteiger partial charge in [-0.25, -0.2) is 0 Å². The predicted molar refractivity (Wildman–Crippen MR) is 103 cm³/mol. The number of amides is 2. The summed E-state index contributed by atoms with van der Waals surface area (Å²) in [4.78, 5) is 36.3. The van der Waals surface area contributed by atoms with Gasteiger partial charge in [-0.15, -0.1) is 0 Å². The largest absolute Gasteiger partial charge is 0.361 e. The number of hydrogen-bond donors (Lipinski definition) is 1. The Morgan fingerprint density at radius 3 is 2.89 bits per heavy atom. The molecule has 0 saturated carbocycles. The standard InChI is InChI=1S/C21H22N4O2/c1-24(14-16-6-4-5-11-22-16)21(27)19-9-10-20(26)25(19)13-15-12-23-18-8-3-2-7-17(15)18/h2-8,11-12,19,23H,9-10,13-14H2,1H3. The third-order valence-corrected chi connectivity index (χ3v) is 5.13. The van der Waals surface area contributed by atoms with Crippen molar-refractivity contribution in [2.45, 2.75) is 32.0 Å². The topological polar surface area (TPSA) is 69.3 Å². The van der Waals surface area contributed by atoms with Gasteiger partial charge < -0.3 is 14.8 Å². The number of aromatic amines is 1. The van der Waals surface area contributed by atoms with E-state index in [1.54, 1.807) is 23.0 Å². The van der Waals surface area contributed by atoms with Crippen LogP contribution in [-0.4, -0.2) is 44.7 Å². The van der Waals surface area contributed by atoms with Gasteiger partial charge in [0.2, 0.25) is 11.8 Å². The number of hydrogen-bond acceptors (Lipinski definition) is 3. The minimum absolute atomic E-state index is 0.0323. The third kappa shape index (κ3) is 3.43. The summed E-state index contributed by atoms with van der Waals surface area (Å²) in [5.41, 5.74) is 2.90. The second-order valence-corrected chi connectivity index (χ2v) is 6.95. The molecule has 1 atom stereocenters. The zero-order chi connectivity index (χ0) is 18.8. The second kappa shape index (κ2) is 7.23.